The van der Waals surface area contributed by atoms with Crippen LogP contribution in [0.3, 0.4) is 0 Å². The lowest BCUT2D eigenvalue weighted by molar-refractivity contribution is 0.0936. The monoisotopic (exact) mass is 293 g/mol. The first-order chi connectivity index (χ1) is 10.5. The van der Waals surface area contributed by atoms with Gasteiger partial charge in [-0.15, -0.1) is 0 Å². The molecule has 114 valence electrons. The Balaban J connectivity index is 1.67. The topological polar surface area (TPSA) is 29.1 Å². The van der Waals surface area contributed by atoms with Crippen LogP contribution in [-0.2, 0) is 0 Å². The van der Waals surface area contributed by atoms with Crippen molar-refractivity contribution in [3.8, 4) is 11.1 Å². The van der Waals surface area contributed by atoms with Gasteiger partial charge in [-0.2, -0.15) is 0 Å². The number of amides is 1. The van der Waals surface area contributed by atoms with E-state index in [-0.39, 0.29) is 5.91 Å². The maximum Gasteiger partial charge on any atom is 0.251 e. The second-order valence-corrected chi connectivity index (χ2v) is 7.02. The van der Waals surface area contributed by atoms with E-state index in [1.54, 1.807) is 0 Å². The Bertz CT molecular complexity index is 643. The van der Waals surface area contributed by atoms with Crippen LogP contribution in [0.5, 0.6) is 0 Å². The normalized spacial score (nSPS) is 19.8. The van der Waals surface area contributed by atoms with Crippen molar-refractivity contribution in [2.75, 3.05) is 0 Å². The van der Waals surface area contributed by atoms with Crippen LogP contribution in [0.2, 0.25) is 0 Å². The van der Waals surface area contributed by atoms with E-state index in [9.17, 15) is 4.79 Å². The maximum absolute atomic E-state index is 12.3. The molecule has 1 amide bonds. The molecule has 0 aromatic heterocycles. The van der Waals surface area contributed by atoms with E-state index >= 15 is 0 Å². The van der Waals surface area contributed by atoms with Crippen LogP contribution in [0, 0.1) is 5.41 Å². The summed E-state index contributed by atoms with van der Waals surface area (Å²) in [5.41, 5.74) is 3.41. The first kappa shape index (κ1) is 14.8. The van der Waals surface area contributed by atoms with Crippen LogP contribution in [0.15, 0.2) is 54.6 Å². The van der Waals surface area contributed by atoms with Crippen LogP contribution in [-0.4, -0.2) is 11.9 Å². The van der Waals surface area contributed by atoms with E-state index in [4.69, 9.17) is 0 Å². The summed E-state index contributed by atoms with van der Waals surface area (Å²) < 4.78 is 0. The molecule has 1 aliphatic rings. The fraction of sp³-hybridized carbons (Fsp3) is 0.350. The predicted molar refractivity (Wildman–Crippen MR) is 90.8 cm³/mol. The van der Waals surface area contributed by atoms with Crippen molar-refractivity contribution < 1.29 is 4.79 Å². The van der Waals surface area contributed by atoms with Crippen LogP contribution in [0.25, 0.3) is 11.1 Å². The van der Waals surface area contributed by atoms with Crippen molar-refractivity contribution in [2.45, 2.75) is 39.2 Å². The minimum absolute atomic E-state index is 0.0438. The minimum Gasteiger partial charge on any atom is -0.349 e. The highest BCUT2D eigenvalue weighted by atomic mass is 16.1. The second kappa shape index (κ2) is 5.96. The lowest BCUT2D eigenvalue weighted by Gasteiger charge is -2.18. The van der Waals surface area contributed by atoms with E-state index in [0.717, 1.165) is 24.0 Å². The molecule has 0 saturated heterocycles. The molecule has 0 aliphatic heterocycles. The van der Waals surface area contributed by atoms with Crippen LogP contribution < -0.4 is 5.32 Å². The second-order valence-electron chi connectivity index (χ2n) is 7.02. The van der Waals surface area contributed by atoms with E-state index < -0.39 is 0 Å². The maximum atomic E-state index is 12.3. The third kappa shape index (κ3) is 3.38. The molecular weight excluding hydrogens is 270 g/mol. The first-order valence-electron chi connectivity index (χ1n) is 8.00. The number of carbonyl (C=O) groups excluding carboxylic acids is 1. The standard InChI is InChI=1S/C20H23NO/c1-20(2)13-12-18(14-20)21-19(22)17-10-8-16(9-11-17)15-6-4-3-5-7-15/h3-11,18H,12-14H2,1-2H3,(H,21,22). The van der Waals surface area contributed by atoms with Gasteiger partial charge in [-0.05, 0) is 47.9 Å². The molecule has 2 aromatic carbocycles. The minimum atomic E-state index is 0.0438. The van der Waals surface area contributed by atoms with Gasteiger partial charge in [0.15, 0.2) is 0 Å². The zero-order valence-corrected chi connectivity index (χ0v) is 13.3. The van der Waals surface area contributed by atoms with Gasteiger partial charge < -0.3 is 5.32 Å². The van der Waals surface area contributed by atoms with Crippen molar-refractivity contribution >= 4 is 5.91 Å². The Morgan fingerprint density at radius 1 is 1.00 bits per heavy atom. The van der Waals surface area contributed by atoms with Gasteiger partial charge in [-0.25, -0.2) is 0 Å². The smallest absolute Gasteiger partial charge is 0.251 e. The highest BCUT2D eigenvalue weighted by Gasteiger charge is 2.31. The molecule has 3 rings (SSSR count). The Labute approximate surface area is 132 Å². The highest BCUT2D eigenvalue weighted by Crippen LogP contribution is 2.37. The molecule has 0 spiro atoms. The fourth-order valence-corrected chi connectivity index (χ4v) is 3.27. The first-order valence-corrected chi connectivity index (χ1v) is 8.00. The van der Waals surface area contributed by atoms with E-state index in [1.807, 2.05) is 42.5 Å². The Hall–Kier alpha value is -2.09. The van der Waals surface area contributed by atoms with Crippen LogP contribution >= 0.6 is 0 Å². The molecule has 1 N–H and O–H groups in total. The molecule has 2 nitrogen and oxygen atoms in total. The zero-order chi connectivity index (χ0) is 15.6. The van der Waals surface area contributed by atoms with Gasteiger partial charge in [-0.3, -0.25) is 4.79 Å². The third-order valence-corrected chi connectivity index (χ3v) is 4.56. The molecular formula is C20H23NO. The largest absolute Gasteiger partial charge is 0.349 e. The zero-order valence-electron chi connectivity index (χ0n) is 13.3. The summed E-state index contributed by atoms with van der Waals surface area (Å²) in [6.45, 7) is 4.54. The molecule has 2 aromatic rings. The molecule has 0 bridgehead atoms. The highest BCUT2D eigenvalue weighted by molar-refractivity contribution is 5.94. The van der Waals surface area contributed by atoms with Crippen LogP contribution in [0.1, 0.15) is 43.5 Å². The van der Waals surface area contributed by atoms with Gasteiger partial charge in [0, 0.05) is 11.6 Å². The molecule has 1 unspecified atom stereocenters. The van der Waals surface area contributed by atoms with Crippen molar-refractivity contribution in [2.24, 2.45) is 5.41 Å². The quantitative estimate of drug-likeness (QED) is 0.876. The van der Waals surface area contributed by atoms with Crippen molar-refractivity contribution in [3.05, 3.63) is 60.2 Å². The number of hydrogen-bond acceptors (Lipinski definition) is 1. The average molecular weight is 293 g/mol. The summed E-state index contributed by atoms with van der Waals surface area (Å²) in [6, 6.07) is 18.4. The Morgan fingerprint density at radius 2 is 1.64 bits per heavy atom. The summed E-state index contributed by atoms with van der Waals surface area (Å²) in [5.74, 6) is 0.0438. The summed E-state index contributed by atoms with van der Waals surface area (Å²) in [6.07, 6.45) is 3.34. The predicted octanol–water partition coefficient (Wildman–Crippen LogP) is 4.66. The lowest BCUT2D eigenvalue weighted by atomic mass is 9.92. The van der Waals surface area contributed by atoms with E-state index in [0.29, 0.717) is 11.5 Å². The number of rotatable bonds is 3. The van der Waals surface area contributed by atoms with Crippen molar-refractivity contribution in [1.29, 1.82) is 0 Å². The molecule has 1 aliphatic carbocycles. The Kier molecular flexibility index (Phi) is 4.02. The van der Waals surface area contributed by atoms with Crippen molar-refractivity contribution in [1.82, 2.24) is 5.32 Å². The summed E-state index contributed by atoms with van der Waals surface area (Å²) >= 11 is 0. The number of carbonyl (C=O) groups is 1. The third-order valence-electron chi connectivity index (χ3n) is 4.56. The van der Waals surface area contributed by atoms with Gasteiger partial charge in [-0.1, -0.05) is 56.3 Å². The van der Waals surface area contributed by atoms with Gasteiger partial charge in [0.2, 0.25) is 0 Å². The summed E-state index contributed by atoms with van der Waals surface area (Å²) in [4.78, 5) is 12.3. The Morgan fingerprint density at radius 3 is 2.23 bits per heavy atom. The average Bonchev–Trinajstić information content (AvgIpc) is 2.87. The summed E-state index contributed by atoms with van der Waals surface area (Å²) in [5, 5.41) is 3.17. The van der Waals surface area contributed by atoms with E-state index in [1.165, 1.54) is 12.0 Å². The fourth-order valence-electron chi connectivity index (χ4n) is 3.27. The molecule has 1 fully saturated rings. The van der Waals surface area contributed by atoms with E-state index in [2.05, 4.69) is 31.3 Å². The summed E-state index contributed by atoms with van der Waals surface area (Å²) in [7, 11) is 0. The van der Waals surface area contributed by atoms with Gasteiger partial charge in [0.05, 0.1) is 0 Å². The number of hydrogen-bond donors (Lipinski definition) is 1. The lowest BCUT2D eigenvalue weighted by Crippen LogP contribution is -2.33. The number of benzene rings is 2. The van der Waals surface area contributed by atoms with Gasteiger partial charge in [0.25, 0.3) is 5.91 Å². The molecule has 2 heteroatoms. The van der Waals surface area contributed by atoms with Crippen LogP contribution in [0.4, 0.5) is 0 Å². The molecule has 22 heavy (non-hydrogen) atoms. The van der Waals surface area contributed by atoms with Crippen molar-refractivity contribution in [3.63, 3.8) is 0 Å². The molecule has 0 heterocycles. The van der Waals surface area contributed by atoms with Gasteiger partial charge >= 0.3 is 0 Å². The number of nitrogens with one attached hydrogen (secondary N) is 1. The van der Waals surface area contributed by atoms with Gasteiger partial charge in [0.1, 0.15) is 0 Å². The SMILES string of the molecule is CC1(C)CCC(NC(=O)c2ccc(-c3ccccc3)cc2)C1. The molecule has 1 saturated carbocycles. The molecule has 0 radical (unpaired) electrons. The molecule has 1 atom stereocenters.